The van der Waals surface area contributed by atoms with E-state index in [-0.39, 0.29) is 18.0 Å². The van der Waals surface area contributed by atoms with Gasteiger partial charge in [0.05, 0.1) is 12.0 Å². The molecule has 30 heavy (non-hydrogen) atoms. The molecule has 0 bridgehead atoms. The average Bonchev–Trinajstić information content (AvgIpc) is 2.98. The molecule has 2 aromatic rings. The minimum Gasteiger partial charge on any atom is -0.467 e. The van der Waals surface area contributed by atoms with Crippen molar-refractivity contribution in [2.75, 3.05) is 33.3 Å². The number of ether oxygens (including phenoxy) is 1. The highest BCUT2D eigenvalue weighted by Crippen LogP contribution is 2.24. The number of urea groups is 1. The summed E-state index contributed by atoms with van der Waals surface area (Å²) in [7, 11) is -2.41. The van der Waals surface area contributed by atoms with Crippen LogP contribution in [0.4, 0.5) is 4.79 Å². The summed E-state index contributed by atoms with van der Waals surface area (Å²) in [4.78, 5) is 25.7. The number of aryl methyl sites for hydroxylation is 1. The number of aromatic nitrogens is 1. The van der Waals surface area contributed by atoms with E-state index in [0.717, 1.165) is 17.4 Å². The third-order valence-electron chi connectivity index (χ3n) is 5.36. The minimum absolute atomic E-state index is 0.191. The number of hydrogen-bond donors (Lipinski definition) is 1. The van der Waals surface area contributed by atoms with Crippen molar-refractivity contribution in [2.24, 2.45) is 0 Å². The summed E-state index contributed by atoms with van der Waals surface area (Å²) in [6.07, 6.45) is 2.45. The first-order valence-corrected chi connectivity index (χ1v) is 11.4. The van der Waals surface area contributed by atoms with Crippen LogP contribution in [0, 0.1) is 0 Å². The zero-order chi connectivity index (χ0) is 21.9. The Morgan fingerprint density at radius 1 is 1.17 bits per heavy atom. The largest absolute Gasteiger partial charge is 0.467 e. The normalized spacial score (nSPS) is 16.8. The highest BCUT2D eigenvalue weighted by molar-refractivity contribution is 7.89. The lowest BCUT2D eigenvalue weighted by atomic mass is 10.2. The van der Waals surface area contributed by atoms with Gasteiger partial charge in [0.25, 0.3) is 0 Å². The molecule has 1 aliphatic rings. The minimum atomic E-state index is -3.67. The van der Waals surface area contributed by atoms with E-state index in [1.54, 1.807) is 19.1 Å². The zero-order valence-corrected chi connectivity index (χ0v) is 18.3. The van der Waals surface area contributed by atoms with E-state index in [1.807, 2.05) is 25.3 Å². The van der Waals surface area contributed by atoms with Crippen LogP contribution in [0.1, 0.15) is 20.3 Å². The number of carbonyl (C=O) groups excluding carboxylic acids is 2. The van der Waals surface area contributed by atoms with Crippen LogP contribution in [-0.2, 0) is 26.1 Å². The molecule has 0 aliphatic carbocycles. The van der Waals surface area contributed by atoms with Crippen molar-refractivity contribution in [3.8, 4) is 0 Å². The quantitative estimate of drug-likeness (QED) is 0.718. The fourth-order valence-corrected chi connectivity index (χ4v) is 5.12. The molecule has 1 atom stereocenters. The zero-order valence-electron chi connectivity index (χ0n) is 17.5. The Morgan fingerprint density at radius 3 is 2.63 bits per heavy atom. The van der Waals surface area contributed by atoms with Gasteiger partial charge in [-0.15, -0.1) is 0 Å². The molecule has 1 saturated heterocycles. The van der Waals surface area contributed by atoms with Crippen LogP contribution in [0.25, 0.3) is 10.9 Å². The third kappa shape index (κ3) is 4.44. The monoisotopic (exact) mass is 436 g/mol. The molecule has 1 fully saturated rings. The van der Waals surface area contributed by atoms with E-state index >= 15 is 0 Å². The number of fused-ring (bicyclic) bond motifs is 1. The van der Waals surface area contributed by atoms with Crippen molar-refractivity contribution < 1.29 is 22.7 Å². The van der Waals surface area contributed by atoms with Gasteiger partial charge in [0.2, 0.25) is 10.0 Å². The number of benzene rings is 1. The molecule has 164 valence electrons. The summed E-state index contributed by atoms with van der Waals surface area (Å²) in [5, 5.41) is 3.46. The van der Waals surface area contributed by atoms with E-state index in [1.165, 1.54) is 16.3 Å². The number of amides is 2. The fraction of sp³-hybridized carbons (Fsp3) is 0.500. The lowest BCUT2D eigenvalue weighted by Gasteiger charge is -2.23. The van der Waals surface area contributed by atoms with Crippen molar-refractivity contribution in [2.45, 2.75) is 37.8 Å². The van der Waals surface area contributed by atoms with E-state index in [4.69, 9.17) is 0 Å². The molecule has 0 radical (unpaired) electrons. The number of hydrogen-bond acceptors (Lipinski definition) is 5. The molecule has 2 amide bonds. The van der Waals surface area contributed by atoms with Gasteiger partial charge in [0.15, 0.2) is 0 Å². The van der Waals surface area contributed by atoms with Crippen LogP contribution in [0.3, 0.4) is 0 Å². The van der Waals surface area contributed by atoms with Gasteiger partial charge < -0.3 is 19.5 Å². The van der Waals surface area contributed by atoms with Gasteiger partial charge in [-0.25, -0.2) is 18.0 Å². The summed E-state index contributed by atoms with van der Waals surface area (Å²) in [5.41, 5.74) is 0.995. The number of esters is 1. The summed E-state index contributed by atoms with van der Waals surface area (Å²) in [6, 6.07) is 5.90. The smallest absolute Gasteiger partial charge is 0.328 e. The van der Waals surface area contributed by atoms with Crippen LogP contribution in [-0.4, -0.2) is 73.5 Å². The second-order valence-electron chi connectivity index (χ2n) is 7.26. The average molecular weight is 437 g/mol. The highest BCUT2D eigenvalue weighted by Gasteiger charge is 2.29. The molecule has 1 aromatic heterocycles. The van der Waals surface area contributed by atoms with Crippen molar-refractivity contribution >= 4 is 32.9 Å². The van der Waals surface area contributed by atoms with E-state index in [2.05, 4.69) is 14.6 Å². The maximum Gasteiger partial charge on any atom is 0.328 e. The van der Waals surface area contributed by atoms with Crippen molar-refractivity contribution in [1.82, 2.24) is 19.1 Å². The third-order valence-corrected chi connectivity index (χ3v) is 7.25. The van der Waals surface area contributed by atoms with Gasteiger partial charge in [0.1, 0.15) is 6.04 Å². The van der Waals surface area contributed by atoms with E-state index < -0.39 is 28.1 Å². The Morgan fingerprint density at radius 2 is 1.93 bits per heavy atom. The molecular formula is C20H28N4O5S. The van der Waals surface area contributed by atoms with E-state index in [9.17, 15) is 18.0 Å². The lowest BCUT2D eigenvalue weighted by Crippen LogP contribution is -2.48. The second-order valence-corrected chi connectivity index (χ2v) is 9.20. The first kappa shape index (κ1) is 22.1. The number of sulfonamides is 1. The van der Waals surface area contributed by atoms with Gasteiger partial charge in [-0.3, -0.25) is 0 Å². The Hall–Kier alpha value is -2.59. The van der Waals surface area contributed by atoms with Crippen molar-refractivity contribution in [3.05, 3.63) is 30.5 Å². The van der Waals surface area contributed by atoms with Crippen LogP contribution >= 0.6 is 0 Å². The number of nitrogens with one attached hydrogen (secondary N) is 1. The van der Waals surface area contributed by atoms with Gasteiger partial charge in [-0.05, 0) is 44.5 Å². The Labute approximate surface area is 176 Å². The molecule has 9 nitrogen and oxygen atoms in total. The number of rotatable bonds is 5. The predicted molar refractivity (Wildman–Crippen MR) is 113 cm³/mol. The molecule has 1 aliphatic heterocycles. The highest BCUT2D eigenvalue weighted by atomic mass is 32.2. The maximum absolute atomic E-state index is 13.2. The molecule has 0 saturated carbocycles. The Balaban J connectivity index is 1.71. The van der Waals surface area contributed by atoms with E-state index in [0.29, 0.717) is 19.5 Å². The van der Waals surface area contributed by atoms with Crippen LogP contribution in [0.2, 0.25) is 0 Å². The van der Waals surface area contributed by atoms with Gasteiger partial charge in [-0.2, -0.15) is 4.31 Å². The first-order valence-electron chi connectivity index (χ1n) is 10.00. The van der Waals surface area contributed by atoms with Crippen molar-refractivity contribution in [3.63, 3.8) is 0 Å². The SMILES string of the molecule is CCn1ccc2cc(S(=O)(=O)N3CCCN(C(=O)N[C@@H](C)C(=O)OC)CC3)ccc21. The fourth-order valence-electron chi connectivity index (χ4n) is 3.61. The molecular weight excluding hydrogens is 408 g/mol. The topological polar surface area (TPSA) is 101 Å². The van der Waals surface area contributed by atoms with Gasteiger partial charge >= 0.3 is 12.0 Å². The predicted octanol–water partition coefficient (Wildman–Crippen LogP) is 1.63. The number of methoxy groups -OCH3 is 1. The summed E-state index contributed by atoms with van der Waals surface area (Å²) in [6.45, 7) is 5.56. The number of nitrogens with zero attached hydrogens (tertiary/aromatic N) is 3. The molecule has 1 aromatic carbocycles. The molecule has 0 unspecified atom stereocenters. The summed E-state index contributed by atoms with van der Waals surface area (Å²) >= 11 is 0. The standard InChI is InChI=1S/C20H28N4O5S/c1-4-22-11-8-16-14-17(6-7-18(16)22)30(27,28)24-10-5-9-23(12-13-24)20(26)21-15(2)19(25)29-3/h6-8,11,14-15H,4-5,9-10,12-13H2,1-3H3,(H,21,26)/t15-/m0/s1. The maximum atomic E-state index is 13.2. The van der Waals surface area contributed by atoms with Gasteiger partial charge in [-0.1, -0.05) is 0 Å². The van der Waals surface area contributed by atoms with Crippen LogP contribution < -0.4 is 5.32 Å². The lowest BCUT2D eigenvalue weighted by molar-refractivity contribution is -0.142. The molecule has 3 rings (SSSR count). The van der Waals surface area contributed by atoms with Crippen molar-refractivity contribution in [1.29, 1.82) is 0 Å². The Kier molecular flexibility index (Phi) is 6.67. The molecule has 0 spiro atoms. The Bertz CT molecular complexity index is 1030. The first-order chi connectivity index (χ1) is 14.3. The molecule has 10 heteroatoms. The van der Waals surface area contributed by atoms with Crippen LogP contribution in [0.15, 0.2) is 35.4 Å². The summed E-state index contributed by atoms with van der Waals surface area (Å²) < 4.78 is 34.5. The molecule has 1 N–H and O–H groups in total. The molecule has 2 heterocycles. The summed E-state index contributed by atoms with van der Waals surface area (Å²) in [5.74, 6) is -0.533. The second kappa shape index (κ2) is 9.05. The van der Waals surface area contributed by atoms with Gasteiger partial charge in [0, 0.05) is 49.8 Å². The van der Waals surface area contributed by atoms with Crippen LogP contribution in [0.5, 0.6) is 0 Å². The number of carbonyl (C=O) groups is 2.